The first-order valence-corrected chi connectivity index (χ1v) is 8.74. The lowest BCUT2D eigenvalue weighted by Gasteiger charge is -2.16. The second-order valence-electron chi connectivity index (χ2n) is 5.88. The van der Waals surface area contributed by atoms with E-state index in [1.807, 2.05) is 26.0 Å². The number of nitrogens with one attached hydrogen (secondary N) is 2. The van der Waals surface area contributed by atoms with Crippen LogP contribution in [-0.4, -0.2) is 40.1 Å². The summed E-state index contributed by atoms with van der Waals surface area (Å²) in [6.07, 6.45) is 3.34. The van der Waals surface area contributed by atoms with Crippen molar-refractivity contribution < 1.29 is 14.1 Å². The number of rotatable bonds is 6. The summed E-state index contributed by atoms with van der Waals surface area (Å²) in [7, 11) is 0. The molecule has 0 atom stereocenters. The van der Waals surface area contributed by atoms with Gasteiger partial charge in [0.15, 0.2) is 11.3 Å². The van der Waals surface area contributed by atoms with E-state index >= 15 is 0 Å². The molecule has 2 N–H and O–H groups in total. The minimum atomic E-state index is -0.342. The van der Waals surface area contributed by atoms with Crippen LogP contribution in [-0.2, 0) is 6.54 Å². The van der Waals surface area contributed by atoms with Gasteiger partial charge >= 0.3 is 6.03 Å². The molecule has 2 aromatic heterocycles. The normalized spacial score (nSPS) is 10.6. The predicted molar refractivity (Wildman–Crippen MR) is 101 cm³/mol. The molecule has 3 rings (SSSR count). The summed E-state index contributed by atoms with van der Waals surface area (Å²) in [6.45, 7) is 5.41. The Kier molecular flexibility index (Phi) is 5.65. The fraction of sp³-hybridized carbons (Fsp3) is 0.263. The Labute approximate surface area is 156 Å². The maximum atomic E-state index is 12.5. The molecular formula is C19H21N5O3. The highest BCUT2D eigenvalue weighted by Gasteiger charge is 2.20. The molecule has 0 aliphatic carbocycles. The maximum Gasteiger partial charge on any atom is 0.319 e. The van der Waals surface area contributed by atoms with Gasteiger partial charge in [0.1, 0.15) is 0 Å². The Morgan fingerprint density at radius 2 is 1.85 bits per heavy atom. The fourth-order valence-corrected chi connectivity index (χ4v) is 2.69. The van der Waals surface area contributed by atoms with E-state index < -0.39 is 0 Å². The molecule has 0 aliphatic rings. The van der Waals surface area contributed by atoms with E-state index in [1.54, 1.807) is 35.5 Å². The molecule has 0 radical (unpaired) electrons. The third-order valence-electron chi connectivity index (χ3n) is 4.19. The highest BCUT2D eigenvalue weighted by atomic mass is 16.5. The molecule has 8 heteroatoms. The average molecular weight is 367 g/mol. The number of fused-ring (bicyclic) bond motifs is 1. The van der Waals surface area contributed by atoms with Crippen molar-refractivity contribution in [3.8, 4) is 0 Å². The average Bonchev–Trinajstić information content (AvgIpc) is 3.11. The number of urea groups is 1. The summed E-state index contributed by atoms with van der Waals surface area (Å²) >= 11 is 0. The monoisotopic (exact) mass is 367 g/mol. The molecule has 0 saturated heterocycles. The van der Waals surface area contributed by atoms with Crippen LogP contribution in [0.4, 0.5) is 10.5 Å². The van der Waals surface area contributed by atoms with Crippen LogP contribution in [0.3, 0.4) is 0 Å². The van der Waals surface area contributed by atoms with Crippen molar-refractivity contribution in [3.63, 3.8) is 0 Å². The Bertz CT molecular complexity index is 935. The molecule has 1 aromatic carbocycles. The highest BCUT2D eigenvalue weighted by molar-refractivity contribution is 6.05. The summed E-state index contributed by atoms with van der Waals surface area (Å²) in [5.41, 5.74) is 2.22. The lowest BCUT2D eigenvalue weighted by atomic mass is 10.2. The molecule has 27 heavy (non-hydrogen) atoms. The number of carbonyl (C=O) groups excluding carboxylic acids is 2. The smallest absolute Gasteiger partial charge is 0.319 e. The van der Waals surface area contributed by atoms with Crippen LogP contribution in [0.2, 0.25) is 0 Å². The van der Waals surface area contributed by atoms with Crippen LogP contribution in [0.15, 0.2) is 47.2 Å². The number of benzene rings is 1. The van der Waals surface area contributed by atoms with Crippen LogP contribution < -0.4 is 10.6 Å². The molecule has 0 aliphatic heterocycles. The first-order valence-electron chi connectivity index (χ1n) is 8.74. The van der Waals surface area contributed by atoms with Crippen molar-refractivity contribution in [1.29, 1.82) is 0 Å². The zero-order valence-electron chi connectivity index (χ0n) is 15.2. The number of amides is 3. The molecule has 0 unspecified atom stereocenters. The summed E-state index contributed by atoms with van der Waals surface area (Å²) in [5.74, 6) is -0.172. The van der Waals surface area contributed by atoms with Crippen molar-refractivity contribution in [2.45, 2.75) is 20.4 Å². The van der Waals surface area contributed by atoms with E-state index in [0.717, 1.165) is 5.56 Å². The predicted octanol–water partition coefficient (Wildman–Crippen LogP) is 3.03. The van der Waals surface area contributed by atoms with Gasteiger partial charge in [-0.2, -0.15) is 0 Å². The van der Waals surface area contributed by atoms with Gasteiger partial charge in [0.05, 0.1) is 5.39 Å². The largest absolute Gasteiger partial charge is 0.355 e. The zero-order chi connectivity index (χ0) is 19.2. The molecule has 0 bridgehead atoms. The molecule has 0 fully saturated rings. The minimum Gasteiger partial charge on any atom is -0.355 e. The number of aromatic nitrogens is 2. The Morgan fingerprint density at radius 1 is 1.11 bits per heavy atom. The fourth-order valence-electron chi connectivity index (χ4n) is 2.69. The molecule has 0 spiro atoms. The Morgan fingerprint density at radius 3 is 2.56 bits per heavy atom. The van der Waals surface area contributed by atoms with Crippen LogP contribution in [0.1, 0.15) is 29.9 Å². The number of hydrogen-bond donors (Lipinski definition) is 2. The zero-order valence-corrected chi connectivity index (χ0v) is 15.2. The van der Waals surface area contributed by atoms with Gasteiger partial charge in [-0.3, -0.25) is 9.78 Å². The SMILES string of the molecule is CCN(CC)C(=O)c1noc2cc(NC(=O)NCc3ccncc3)ccc12. The lowest BCUT2D eigenvalue weighted by molar-refractivity contribution is 0.0764. The van der Waals surface area contributed by atoms with Crippen molar-refractivity contribution >= 4 is 28.6 Å². The molecule has 8 nitrogen and oxygen atoms in total. The standard InChI is InChI=1S/C19H21N5O3/c1-3-24(4-2)18(25)17-15-6-5-14(11-16(15)27-23-17)22-19(26)21-12-13-7-9-20-10-8-13/h5-11H,3-4,12H2,1-2H3,(H2,21,22,26). The van der Waals surface area contributed by atoms with Crippen LogP contribution in [0, 0.1) is 0 Å². The van der Waals surface area contributed by atoms with Crippen molar-refractivity contribution in [2.75, 3.05) is 18.4 Å². The summed E-state index contributed by atoms with van der Waals surface area (Å²) in [6, 6.07) is 8.40. The van der Waals surface area contributed by atoms with E-state index in [-0.39, 0.29) is 17.6 Å². The number of carbonyl (C=O) groups is 2. The second-order valence-corrected chi connectivity index (χ2v) is 5.88. The van der Waals surface area contributed by atoms with Gasteiger partial charge in [0.2, 0.25) is 0 Å². The lowest BCUT2D eigenvalue weighted by Crippen LogP contribution is -2.30. The van der Waals surface area contributed by atoms with E-state index in [1.165, 1.54) is 0 Å². The van der Waals surface area contributed by atoms with Crippen molar-refractivity contribution in [2.24, 2.45) is 0 Å². The summed E-state index contributed by atoms with van der Waals surface area (Å²) in [5, 5.41) is 10.0. The molecule has 2 heterocycles. The van der Waals surface area contributed by atoms with E-state index in [2.05, 4.69) is 20.8 Å². The topological polar surface area (TPSA) is 100 Å². The minimum absolute atomic E-state index is 0.172. The van der Waals surface area contributed by atoms with E-state index in [4.69, 9.17) is 4.52 Å². The Balaban J connectivity index is 1.68. The van der Waals surface area contributed by atoms with Crippen LogP contribution >= 0.6 is 0 Å². The number of hydrogen-bond acceptors (Lipinski definition) is 5. The van der Waals surface area contributed by atoms with E-state index in [0.29, 0.717) is 36.3 Å². The molecule has 3 aromatic rings. The van der Waals surface area contributed by atoms with Gasteiger partial charge in [-0.25, -0.2) is 4.79 Å². The third kappa shape index (κ3) is 4.22. The molecule has 0 saturated carbocycles. The van der Waals surface area contributed by atoms with Gasteiger partial charge in [-0.15, -0.1) is 0 Å². The quantitative estimate of drug-likeness (QED) is 0.697. The van der Waals surface area contributed by atoms with Crippen LogP contribution in [0.5, 0.6) is 0 Å². The van der Waals surface area contributed by atoms with Gasteiger partial charge in [0, 0.05) is 43.8 Å². The molecular weight excluding hydrogens is 346 g/mol. The number of anilines is 1. The van der Waals surface area contributed by atoms with Gasteiger partial charge in [-0.05, 0) is 43.7 Å². The summed E-state index contributed by atoms with van der Waals surface area (Å²) < 4.78 is 5.28. The number of nitrogens with zero attached hydrogens (tertiary/aromatic N) is 3. The van der Waals surface area contributed by atoms with Crippen molar-refractivity contribution in [1.82, 2.24) is 20.4 Å². The number of pyridine rings is 1. The van der Waals surface area contributed by atoms with Gasteiger partial charge in [0.25, 0.3) is 5.91 Å². The molecule has 3 amide bonds. The van der Waals surface area contributed by atoms with Gasteiger partial charge in [-0.1, -0.05) is 5.16 Å². The summed E-state index contributed by atoms with van der Waals surface area (Å²) in [4.78, 5) is 30.2. The second kappa shape index (κ2) is 8.31. The maximum absolute atomic E-state index is 12.5. The highest BCUT2D eigenvalue weighted by Crippen LogP contribution is 2.23. The first kappa shape index (κ1) is 18.4. The Hall–Kier alpha value is -3.42. The van der Waals surface area contributed by atoms with Gasteiger partial charge < -0.3 is 20.1 Å². The first-order chi connectivity index (χ1) is 13.1. The van der Waals surface area contributed by atoms with Crippen molar-refractivity contribution in [3.05, 3.63) is 54.0 Å². The molecule has 140 valence electrons. The van der Waals surface area contributed by atoms with Crippen LogP contribution in [0.25, 0.3) is 11.0 Å². The van der Waals surface area contributed by atoms with E-state index in [9.17, 15) is 9.59 Å². The third-order valence-corrected chi connectivity index (χ3v) is 4.19.